The summed E-state index contributed by atoms with van der Waals surface area (Å²) in [6, 6.07) is 14.3. The Labute approximate surface area is 115 Å². The minimum atomic E-state index is 0.937. The van der Waals surface area contributed by atoms with Crippen molar-refractivity contribution in [3.05, 3.63) is 60.4 Å². The van der Waals surface area contributed by atoms with Crippen LogP contribution in [0.5, 0.6) is 0 Å². The molecule has 4 rings (SSSR count). The van der Waals surface area contributed by atoms with Gasteiger partial charge in [0.15, 0.2) is 0 Å². The number of para-hydroxylation sites is 1. The van der Waals surface area contributed by atoms with Gasteiger partial charge >= 0.3 is 0 Å². The largest absolute Gasteiger partial charge is 0.249 e. The van der Waals surface area contributed by atoms with Gasteiger partial charge in [0, 0.05) is 23.1 Å². The summed E-state index contributed by atoms with van der Waals surface area (Å²) in [6.07, 6.45) is 3.81. The number of hydrogen-bond donors (Lipinski definition) is 0. The van der Waals surface area contributed by atoms with E-state index in [9.17, 15) is 0 Å². The number of benzene rings is 1. The van der Waals surface area contributed by atoms with Gasteiger partial charge < -0.3 is 0 Å². The van der Waals surface area contributed by atoms with Gasteiger partial charge in [0.2, 0.25) is 0 Å². The first-order valence-corrected chi connectivity index (χ1v) is 7.12. The highest BCUT2D eigenvalue weighted by Crippen LogP contribution is 2.40. The SMILES string of the molecule is c1ccc(-n2ncc3c2-c2cccnc2SC3)cc1. The Bertz CT molecular complexity index is 734. The van der Waals surface area contributed by atoms with Crippen molar-refractivity contribution in [2.45, 2.75) is 10.8 Å². The average molecular weight is 265 g/mol. The second-order valence-corrected chi connectivity index (χ2v) is 5.37. The summed E-state index contributed by atoms with van der Waals surface area (Å²) in [5.41, 5.74) is 4.71. The lowest BCUT2D eigenvalue weighted by Gasteiger charge is -2.16. The molecule has 1 aliphatic rings. The Morgan fingerprint density at radius 3 is 2.84 bits per heavy atom. The van der Waals surface area contributed by atoms with Crippen molar-refractivity contribution < 1.29 is 0 Å². The van der Waals surface area contributed by atoms with Gasteiger partial charge in [-0.25, -0.2) is 9.67 Å². The van der Waals surface area contributed by atoms with Crippen molar-refractivity contribution >= 4 is 11.8 Å². The van der Waals surface area contributed by atoms with Gasteiger partial charge in [-0.15, -0.1) is 11.8 Å². The highest BCUT2D eigenvalue weighted by atomic mass is 32.2. The monoisotopic (exact) mass is 265 g/mol. The van der Waals surface area contributed by atoms with E-state index < -0.39 is 0 Å². The standard InChI is InChI=1S/C15H11N3S/c1-2-5-12(6-3-1)18-14-11(9-17-18)10-19-15-13(14)7-4-8-16-15/h1-9H,10H2. The fraction of sp³-hybridized carbons (Fsp3) is 0.0667. The van der Waals surface area contributed by atoms with Crippen molar-refractivity contribution in [3.63, 3.8) is 0 Å². The van der Waals surface area contributed by atoms with E-state index in [4.69, 9.17) is 0 Å². The first kappa shape index (κ1) is 10.8. The second kappa shape index (κ2) is 4.24. The van der Waals surface area contributed by atoms with E-state index in [1.165, 1.54) is 16.8 Å². The molecule has 0 N–H and O–H groups in total. The number of thioether (sulfide) groups is 1. The Kier molecular flexibility index (Phi) is 2.42. The van der Waals surface area contributed by atoms with Gasteiger partial charge in [0.25, 0.3) is 0 Å². The molecule has 3 heterocycles. The van der Waals surface area contributed by atoms with Crippen molar-refractivity contribution in [1.82, 2.24) is 14.8 Å². The molecule has 0 atom stereocenters. The Morgan fingerprint density at radius 1 is 1.05 bits per heavy atom. The van der Waals surface area contributed by atoms with Crippen LogP contribution < -0.4 is 0 Å². The zero-order chi connectivity index (χ0) is 12.7. The van der Waals surface area contributed by atoms with E-state index in [1.807, 2.05) is 41.3 Å². The first-order chi connectivity index (χ1) is 9.43. The highest BCUT2D eigenvalue weighted by molar-refractivity contribution is 7.98. The maximum atomic E-state index is 4.54. The van der Waals surface area contributed by atoms with Gasteiger partial charge in [-0.1, -0.05) is 18.2 Å². The molecule has 92 valence electrons. The van der Waals surface area contributed by atoms with Crippen LogP contribution in [0.2, 0.25) is 0 Å². The average Bonchev–Trinajstić information content (AvgIpc) is 2.92. The second-order valence-electron chi connectivity index (χ2n) is 4.41. The molecule has 0 aliphatic carbocycles. The number of rotatable bonds is 1. The molecule has 4 heteroatoms. The lowest BCUT2D eigenvalue weighted by Crippen LogP contribution is -2.03. The molecule has 0 saturated carbocycles. The quantitative estimate of drug-likeness (QED) is 0.674. The fourth-order valence-electron chi connectivity index (χ4n) is 2.37. The van der Waals surface area contributed by atoms with Crippen LogP contribution in [0.1, 0.15) is 5.56 Å². The van der Waals surface area contributed by atoms with E-state index in [0.717, 1.165) is 16.5 Å². The van der Waals surface area contributed by atoms with E-state index in [1.54, 1.807) is 11.8 Å². The van der Waals surface area contributed by atoms with Crippen LogP contribution in [-0.4, -0.2) is 14.8 Å². The van der Waals surface area contributed by atoms with Gasteiger partial charge in [0.1, 0.15) is 5.03 Å². The lowest BCUT2D eigenvalue weighted by molar-refractivity contribution is 0.882. The molecule has 0 spiro atoms. The molecular formula is C15H11N3S. The summed E-state index contributed by atoms with van der Waals surface area (Å²) < 4.78 is 2.01. The topological polar surface area (TPSA) is 30.7 Å². The Morgan fingerprint density at radius 2 is 1.95 bits per heavy atom. The first-order valence-electron chi connectivity index (χ1n) is 6.14. The Hall–Kier alpha value is -2.07. The maximum absolute atomic E-state index is 4.54. The summed E-state index contributed by atoms with van der Waals surface area (Å²) in [7, 11) is 0. The normalized spacial score (nSPS) is 12.8. The van der Waals surface area contributed by atoms with Gasteiger partial charge in [-0.2, -0.15) is 5.10 Å². The van der Waals surface area contributed by atoms with Gasteiger partial charge in [0.05, 0.1) is 17.6 Å². The third-order valence-electron chi connectivity index (χ3n) is 3.24. The molecule has 19 heavy (non-hydrogen) atoms. The smallest absolute Gasteiger partial charge is 0.106 e. The third-order valence-corrected chi connectivity index (χ3v) is 4.29. The van der Waals surface area contributed by atoms with Crippen molar-refractivity contribution in [1.29, 1.82) is 0 Å². The van der Waals surface area contributed by atoms with Crippen LogP contribution in [0.15, 0.2) is 59.9 Å². The molecule has 3 nitrogen and oxygen atoms in total. The molecule has 3 aromatic rings. The number of fused-ring (bicyclic) bond motifs is 3. The summed E-state index contributed by atoms with van der Waals surface area (Å²) in [6.45, 7) is 0. The van der Waals surface area contributed by atoms with E-state index in [0.29, 0.717) is 0 Å². The van der Waals surface area contributed by atoms with Crippen LogP contribution in [0.3, 0.4) is 0 Å². The van der Waals surface area contributed by atoms with E-state index in [-0.39, 0.29) is 0 Å². The molecule has 0 radical (unpaired) electrons. The van der Waals surface area contributed by atoms with Crippen LogP contribution in [0.4, 0.5) is 0 Å². The minimum Gasteiger partial charge on any atom is -0.249 e. The van der Waals surface area contributed by atoms with Crippen molar-refractivity contribution in [2.24, 2.45) is 0 Å². The molecule has 0 fully saturated rings. The zero-order valence-electron chi connectivity index (χ0n) is 10.2. The molecule has 0 amide bonds. The van der Waals surface area contributed by atoms with Gasteiger partial charge in [-0.05, 0) is 24.3 Å². The van der Waals surface area contributed by atoms with E-state index in [2.05, 4.69) is 28.3 Å². The molecule has 1 aliphatic heterocycles. The molecular weight excluding hydrogens is 254 g/mol. The maximum Gasteiger partial charge on any atom is 0.106 e. The fourth-order valence-corrected chi connectivity index (χ4v) is 3.33. The summed E-state index contributed by atoms with van der Waals surface area (Å²) >= 11 is 1.78. The van der Waals surface area contributed by atoms with Crippen LogP contribution >= 0.6 is 11.8 Å². The number of aromatic nitrogens is 3. The highest BCUT2D eigenvalue weighted by Gasteiger charge is 2.22. The summed E-state index contributed by atoms with van der Waals surface area (Å²) in [5, 5.41) is 5.63. The van der Waals surface area contributed by atoms with Crippen LogP contribution in [0.25, 0.3) is 16.9 Å². The predicted octanol–water partition coefficient (Wildman–Crippen LogP) is 3.54. The van der Waals surface area contributed by atoms with Crippen molar-refractivity contribution in [2.75, 3.05) is 0 Å². The number of pyridine rings is 1. The molecule has 0 bridgehead atoms. The van der Waals surface area contributed by atoms with Gasteiger partial charge in [-0.3, -0.25) is 0 Å². The zero-order valence-corrected chi connectivity index (χ0v) is 11.0. The summed E-state index contributed by atoms with van der Waals surface area (Å²) in [5.74, 6) is 0.937. The lowest BCUT2D eigenvalue weighted by atomic mass is 10.1. The molecule has 0 unspecified atom stereocenters. The molecule has 1 aromatic carbocycles. The van der Waals surface area contributed by atoms with Crippen molar-refractivity contribution in [3.8, 4) is 16.9 Å². The number of hydrogen-bond acceptors (Lipinski definition) is 3. The van der Waals surface area contributed by atoms with Crippen LogP contribution in [0, 0.1) is 0 Å². The van der Waals surface area contributed by atoms with Crippen LogP contribution in [-0.2, 0) is 5.75 Å². The predicted molar refractivity (Wildman–Crippen MR) is 76.4 cm³/mol. The molecule has 2 aromatic heterocycles. The minimum absolute atomic E-state index is 0.937. The molecule has 0 saturated heterocycles. The third kappa shape index (κ3) is 1.68. The Balaban J connectivity index is 1.97. The van der Waals surface area contributed by atoms with E-state index >= 15 is 0 Å². The summed E-state index contributed by atoms with van der Waals surface area (Å²) in [4.78, 5) is 4.45. The number of nitrogens with zero attached hydrogens (tertiary/aromatic N) is 3.